The van der Waals surface area contributed by atoms with Crippen LogP contribution in [0.15, 0.2) is 42.5 Å². The maximum atomic E-state index is 3.61. The Morgan fingerprint density at radius 3 is 2.71 bits per heavy atom. The standard InChI is InChI=1S/C16H17N/c1-11-5-3-7-13(9-11)16-15-12(2)6-4-8-14(15)10-17-16/h3-9,16-17H,10H2,1-2H3. The molecule has 1 atom stereocenters. The smallest absolute Gasteiger partial charge is 0.0585 e. The maximum Gasteiger partial charge on any atom is 0.0585 e. The van der Waals surface area contributed by atoms with E-state index in [9.17, 15) is 0 Å². The number of hydrogen-bond donors (Lipinski definition) is 1. The summed E-state index contributed by atoms with van der Waals surface area (Å²) < 4.78 is 0. The molecule has 0 aliphatic carbocycles. The van der Waals surface area contributed by atoms with Gasteiger partial charge in [-0.3, -0.25) is 0 Å². The predicted octanol–water partition coefficient (Wildman–Crippen LogP) is 3.50. The van der Waals surface area contributed by atoms with Crippen LogP contribution in [0.5, 0.6) is 0 Å². The molecule has 1 aliphatic heterocycles. The zero-order valence-electron chi connectivity index (χ0n) is 10.3. The Hall–Kier alpha value is -1.60. The topological polar surface area (TPSA) is 12.0 Å². The van der Waals surface area contributed by atoms with Crippen LogP contribution >= 0.6 is 0 Å². The van der Waals surface area contributed by atoms with Gasteiger partial charge in [0.15, 0.2) is 0 Å². The zero-order chi connectivity index (χ0) is 11.8. The molecule has 0 radical (unpaired) electrons. The molecule has 3 rings (SSSR count). The summed E-state index contributed by atoms with van der Waals surface area (Å²) in [4.78, 5) is 0. The Morgan fingerprint density at radius 2 is 1.88 bits per heavy atom. The Labute approximate surface area is 102 Å². The lowest BCUT2D eigenvalue weighted by Gasteiger charge is -2.15. The molecular weight excluding hydrogens is 206 g/mol. The number of benzene rings is 2. The third kappa shape index (κ3) is 1.77. The molecule has 0 spiro atoms. The van der Waals surface area contributed by atoms with E-state index in [0.717, 1.165) is 6.54 Å². The molecule has 1 N–H and O–H groups in total. The van der Waals surface area contributed by atoms with E-state index in [0.29, 0.717) is 6.04 Å². The van der Waals surface area contributed by atoms with Crippen molar-refractivity contribution in [2.45, 2.75) is 26.4 Å². The van der Waals surface area contributed by atoms with Gasteiger partial charge in [-0.2, -0.15) is 0 Å². The van der Waals surface area contributed by atoms with Gasteiger partial charge in [0.1, 0.15) is 0 Å². The molecule has 2 aromatic rings. The summed E-state index contributed by atoms with van der Waals surface area (Å²) in [6.45, 7) is 5.33. The fourth-order valence-corrected chi connectivity index (χ4v) is 2.76. The SMILES string of the molecule is Cc1cccc(C2NCc3cccc(C)c32)c1. The summed E-state index contributed by atoms with van der Waals surface area (Å²) in [5, 5.41) is 3.61. The first-order valence-electron chi connectivity index (χ1n) is 6.14. The molecule has 0 saturated carbocycles. The summed E-state index contributed by atoms with van der Waals surface area (Å²) in [7, 11) is 0. The molecule has 1 unspecified atom stereocenters. The van der Waals surface area contributed by atoms with Crippen LogP contribution in [0.4, 0.5) is 0 Å². The van der Waals surface area contributed by atoms with Crippen molar-refractivity contribution in [1.29, 1.82) is 0 Å². The zero-order valence-corrected chi connectivity index (χ0v) is 10.3. The van der Waals surface area contributed by atoms with Gasteiger partial charge in [0.05, 0.1) is 6.04 Å². The first-order valence-corrected chi connectivity index (χ1v) is 6.14. The van der Waals surface area contributed by atoms with Gasteiger partial charge in [-0.15, -0.1) is 0 Å². The first-order chi connectivity index (χ1) is 8.25. The van der Waals surface area contributed by atoms with Crippen LogP contribution in [-0.4, -0.2) is 0 Å². The highest BCUT2D eigenvalue weighted by atomic mass is 14.9. The van der Waals surface area contributed by atoms with Crippen molar-refractivity contribution in [3.05, 3.63) is 70.3 Å². The van der Waals surface area contributed by atoms with E-state index >= 15 is 0 Å². The van der Waals surface area contributed by atoms with Crippen LogP contribution in [-0.2, 0) is 6.54 Å². The van der Waals surface area contributed by atoms with Crippen molar-refractivity contribution in [3.8, 4) is 0 Å². The van der Waals surface area contributed by atoms with Gasteiger partial charge in [0.25, 0.3) is 0 Å². The van der Waals surface area contributed by atoms with E-state index < -0.39 is 0 Å². The monoisotopic (exact) mass is 223 g/mol. The molecule has 0 amide bonds. The van der Waals surface area contributed by atoms with E-state index in [1.165, 1.54) is 27.8 Å². The molecule has 0 fully saturated rings. The van der Waals surface area contributed by atoms with Crippen molar-refractivity contribution in [3.63, 3.8) is 0 Å². The summed E-state index contributed by atoms with van der Waals surface area (Å²) in [6.07, 6.45) is 0. The lowest BCUT2D eigenvalue weighted by Crippen LogP contribution is -2.13. The van der Waals surface area contributed by atoms with E-state index in [-0.39, 0.29) is 0 Å². The van der Waals surface area contributed by atoms with Gasteiger partial charge in [-0.25, -0.2) is 0 Å². The van der Waals surface area contributed by atoms with Gasteiger partial charge < -0.3 is 5.32 Å². The van der Waals surface area contributed by atoms with Crippen LogP contribution in [0.25, 0.3) is 0 Å². The summed E-state index contributed by atoms with van der Waals surface area (Å²) >= 11 is 0. The Bertz CT molecular complexity index is 557. The van der Waals surface area contributed by atoms with Crippen molar-refractivity contribution in [1.82, 2.24) is 5.32 Å². The normalized spacial score (nSPS) is 18.1. The highest BCUT2D eigenvalue weighted by molar-refractivity contribution is 5.46. The van der Waals surface area contributed by atoms with Gasteiger partial charge in [0, 0.05) is 6.54 Å². The molecule has 17 heavy (non-hydrogen) atoms. The molecule has 1 aliphatic rings. The van der Waals surface area contributed by atoms with Crippen molar-refractivity contribution >= 4 is 0 Å². The first kappa shape index (κ1) is 10.5. The van der Waals surface area contributed by atoms with E-state index in [1.807, 2.05) is 0 Å². The van der Waals surface area contributed by atoms with Gasteiger partial charge in [-0.1, -0.05) is 48.0 Å². The lowest BCUT2D eigenvalue weighted by molar-refractivity contribution is 0.665. The van der Waals surface area contributed by atoms with Gasteiger partial charge in [-0.05, 0) is 36.1 Å². The molecule has 0 bridgehead atoms. The molecule has 1 nitrogen and oxygen atoms in total. The predicted molar refractivity (Wildman–Crippen MR) is 71.0 cm³/mol. The number of aryl methyl sites for hydroxylation is 2. The average Bonchev–Trinajstić information content (AvgIpc) is 2.74. The number of rotatable bonds is 1. The van der Waals surface area contributed by atoms with Crippen LogP contribution in [0.3, 0.4) is 0 Å². The van der Waals surface area contributed by atoms with Gasteiger partial charge >= 0.3 is 0 Å². The largest absolute Gasteiger partial charge is 0.302 e. The fraction of sp³-hybridized carbons (Fsp3) is 0.250. The number of fused-ring (bicyclic) bond motifs is 1. The maximum absolute atomic E-state index is 3.61. The lowest BCUT2D eigenvalue weighted by atomic mass is 9.94. The molecule has 2 aromatic carbocycles. The van der Waals surface area contributed by atoms with Crippen LogP contribution in [0.1, 0.15) is 33.9 Å². The van der Waals surface area contributed by atoms with Crippen LogP contribution in [0.2, 0.25) is 0 Å². The Kier molecular flexibility index (Phi) is 2.49. The second-order valence-corrected chi connectivity index (χ2v) is 4.88. The molecule has 1 heteroatoms. The second-order valence-electron chi connectivity index (χ2n) is 4.88. The van der Waals surface area contributed by atoms with E-state index in [1.54, 1.807) is 0 Å². The van der Waals surface area contributed by atoms with Crippen LogP contribution < -0.4 is 5.32 Å². The molecule has 1 heterocycles. The molecule has 86 valence electrons. The third-order valence-electron chi connectivity index (χ3n) is 3.58. The van der Waals surface area contributed by atoms with E-state index in [2.05, 4.69) is 61.6 Å². The minimum absolute atomic E-state index is 0.367. The summed E-state index contributed by atoms with van der Waals surface area (Å²) in [5.74, 6) is 0. The summed E-state index contributed by atoms with van der Waals surface area (Å²) in [5.41, 5.74) is 7.00. The van der Waals surface area contributed by atoms with Crippen molar-refractivity contribution < 1.29 is 0 Å². The minimum Gasteiger partial charge on any atom is -0.302 e. The third-order valence-corrected chi connectivity index (χ3v) is 3.58. The molecule has 0 saturated heterocycles. The number of nitrogens with one attached hydrogen (secondary N) is 1. The van der Waals surface area contributed by atoms with E-state index in [4.69, 9.17) is 0 Å². The number of hydrogen-bond acceptors (Lipinski definition) is 1. The fourth-order valence-electron chi connectivity index (χ4n) is 2.76. The molecular formula is C16H17N. The minimum atomic E-state index is 0.367. The van der Waals surface area contributed by atoms with Gasteiger partial charge in [0.2, 0.25) is 0 Å². The summed E-state index contributed by atoms with van der Waals surface area (Å²) in [6, 6.07) is 15.7. The Morgan fingerprint density at radius 1 is 1.06 bits per heavy atom. The highest BCUT2D eigenvalue weighted by Crippen LogP contribution is 2.33. The van der Waals surface area contributed by atoms with Crippen molar-refractivity contribution in [2.24, 2.45) is 0 Å². The Balaban J connectivity index is 2.09. The average molecular weight is 223 g/mol. The highest BCUT2D eigenvalue weighted by Gasteiger charge is 2.24. The van der Waals surface area contributed by atoms with Crippen LogP contribution in [0, 0.1) is 13.8 Å². The second kappa shape index (κ2) is 4.01. The molecule has 0 aromatic heterocycles. The quantitative estimate of drug-likeness (QED) is 0.780. The van der Waals surface area contributed by atoms with Crippen molar-refractivity contribution in [2.75, 3.05) is 0 Å².